The Morgan fingerprint density at radius 1 is 0.450 bits per heavy atom. The van der Waals surface area contributed by atoms with Crippen LogP contribution in [-0.4, -0.2) is 0 Å². The quantitative estimate of drug-likeness (QED) is 0.519. The van der Waals surface area contributed by atoms with E-state index >= 15 is 0 Å². The Balaban J connectivity index is 2.02. The third-order valence-electron chi connectivity index (χ3n) is 3.24. The van der Waals surface area contributed by atoms with Crippen LogP contribution in [0.25, 0.3) is 22.3 Å². The van der Waals surface area contributed by atoms with Crippen molar-refractivity contribution in [1.29, 1.82) is 0 Å². The molecule has 0 bridgehead atoms. The van der Waals surface area contributed by atoms with E-state index < -0.39 is 0 Å². The lowest BCUT2D eigenvalue weighted by molar-refractivity contribution is 1.59. The summed E-state index contributed by atoms with van der Waals surface area (Å²) < 4.78 is 0. The molecule has 0 aliphatic carbocycles. The van der Waals surface area contributed by atoms with Gasteiger partial charge in [0.25, 0.3) is 0 Å². The summed E-state index contributed by atoms with van der Waals surface area (Å²) in [6.45, 7) is 0. The summed E-state index contributed by atoms with van der Waals surface area (Å²) in [5.41, 5.74) is 4.29. The van der Waals surface area contributed by atoms with Gasteiger partial charge in [-0.05, 0) is 28.8 Å². The van der Waals surface area contributed by atoms with E-state index in [2.05, 4.69) is 36.4 Å². The summed E-state index contributed by atoms with van der Waals surface area (Å²) in [6.07, 6.45) is 0. The van der Waals surface area contributed by atoms with Crippen LogP contribution in [0.3, 0.4) is 0 Å². The first-order chi connectivity index (χ1) is 9.75. The van der Waals surface area contributed by atoms with Gasteiger partial charge in [0.05, 0.1) is 0 Å². The molecule has 0 atom stereocenters. The summed E-state index contributed by atoms with van der Waals surface area (Å²) in [5, 5.41) is 1.34. The fraction of sp³-hybridized carbons (Fsp3) is 0. The predicted octanol–water partition coefficient (Wildman–Crippen LogP) is 6.33. The number of hydrogen-bond donors (Lipinski definition) is 0. The van der Waals surface area contributed by atoms with Crippen molar-refractivity contribution >= 4 is 23.2 Å². The van der Waals surface area contributed by atoms with E-state index in [0.29, 0.717) is 10.0 Å². The van der Waals surface area contributed by atoms with Crippen molar-refractivity contribution in [2.24, 2.45) is 0 Å². The van der Waals surface area contributed by atoms with Gasteiger partial charge < -0.3 is 0 Å². The largest absolute Gasteiger partial charge is 0.0836 e. The smallest absolute Gasteiger partial charge is 0.0499 e. The van der Waals surface area contributed by atoms with Gasteiger partial charge in [-0.25, -0.2) is 0 Å². The fourth-order valence-electron chi connectivity index (χ4n) is 2.23. The van der Waals surface area contributed by atoms with Crippen LogP contribution in [0.2, 0.25) is 10.0 Å². The molecule has 0 aromatic heterocycles. The van der Waals surface area contributed by atoms with E-state index in [9.17, 15) is 0 Å². The number of halogens is 2. The first-order valence-corrected chi connectivity index (χ1v) is 7.11. The molecule has 0 aliphatic rings. The predicted molar refractivity (Wildman–Crippen MR) is 87.3 cm³/mol. The Bertz CT molecular complexity index is 696. The molecule has 2 heteroatoms. The molecule has 3 rings (SSSR count). The van der Waals surface area contributed by atoms with Gasteiger partial charge in [-0.15, -0.1) is 0 Å². The monoisotopic (exact) mass is 298 g/mol. The second kappa shape index (κ2) is 5.70. The minimum atomic E-state index is 0.671. The Hall–Kier alpha value is -1.76. The van der Waals surface area contributed by atoms with Gasteiger partial charge in [0, 0.05) is 15.6 Å². The summed E-state index contributed by atoms with van der Waals surface area (Å²) in [5.74, 6) is 0. The van der Waals surface area contributed by atoms with Crippen molar-refractivity contribution in [3.8, 4) is 22.3 Å². The minimum Gasteiger partial charge on any atom is -0.0836 e. The molecule has 0 spiro atoms. The standard InChI is InChI=1S/C18H12Cl2/c19-16-7-4-8-17(20)18(16)15-11-9-14(10-12-15)13-5-2-1-3-6-13/h1-12H. The Morgan fingerprint density at radius 3 is 1.55 bits per heavy atom. The average Bonchev–Trinajstić information content (AvgIpc) is 2.49. The number of benzene rings is 3. The topological polar surface area (TPSA) is 0 Å². The van der Waals surface area contributed by atoms with Crippen molar-refractivity contribution in [3.05, 3.63) is 82.8 Å². The lowest BCUT2D eigenvalue weighted by atomic mass is 10.0. The second-order valence-corrected chi connectivity index (χ2v) is 5.35. The van der Waals surface area contributed by atoms with Crippen molar-refractivity contribution < 1.29 is 0 Å². The molecule has 0 nitrogen and oxygen atoms in total. The van der Waals surface area contributed by atoms with Crippen LogP contribution >= 0.6 is 23.2 Å². The zero-order chi connectivity index (χ0) is 13.9. The zero-order valence-electron chi connectivity index (χ0n) is 10.7. The molecule has 0 radical (unpaired) electrons. The van der Waals surface area contributed by atoms with E-state index in [1.165, 1.54) is 11.1 Å². The van der Waals surface area contributed by atoms with Crippen LogP contribution in [0.4, 0.5) is 0 Å². The fourth-order valence-corrected chi connectivity index (χ4v) is 2.85. The molecule has 0 saturated carbocycles. The Morgan fingerprint density at radius 2 is 0.950 bits per heavy atom. The van der Waals surface area contributed by atoms with E-state index in [1.807, 2.05) is 36.4 Å². The zero-order valence-corrected chi connectivity index (χ0v) is 12.2. The van der Waals surface area contributed by atoms with Gasteiger partial charge in [-0.3, -0.25) is 0 Å². The third-order valence-corrected chi connectivity index (χ3v) is 3.87. The van der Waals surface area contributed by atoms with Gasteiger partial charge in [-0.1, -0.05) is 83.9 Å². The maximum atomic E-state index is 6.24. The van der Waals surface area contributed by atoms with Crippen molar-refractivity contribution in [1.82, 2.24) is 0 Å². The van der Waals surface area contributed by atoms with E-state index in [0.717, 1.165) is 11.1 Å². The molecule has 0 fully saturated rings. The van der Waals surface area contributed by atoms with Gasteiger partial charge in [0.1, 0.15) is 0 Å². The van der Waals surface area contributed by atoms with E-state index in [-0.39, 0.29) is 0 Å². The van der Waals surface area contributed by atoms with Crippen LogP contribution in [0.5, 0.6) is 0 Å². The van der Waals surface area contributed by atoms with E-state index in [1.54, 1.807) is 0 Å². The number of hydrogen-bond acceptors (Lipinski definition) is 0. The molecule has 0 saturated heterocycles. The van der Waals surface area contributed by atoms with E-state index in [4.69, 9.17) is 23.2 Å². The summed E-state index contributed by atoms with van der Waals surface area (Å²) in [4.78, 5) is 0. The van der Waals surface area contributed by atoms with Gasteiger partial charge in [0.15, 0.2) is 0 Å². The van der Waals surface area contributed by atoms with Crippen LogP contribution in [0.15, 0.2) is 72.8 Å². The van der Waals surface area contributed by atoms with Crippen molar-refractivity contribution in [2.45, 2.75) is 0 Å². The lowest BCUT2D eigenvalue weighted by Gasteiger charge is -2.08. The van der Waals surface area contributed by atoms with Crippen LogP contribution in [0, 0.1) is 0 Å². The molecule has 0 N–H and O–H groups in total. The molecule has 3 aromatic rings. The van der Waals surface area contributed by atoms with Crippen molar-refractivity contribution in [3.63, 3.8) is 0 Å². The highest BCUT2D eigenvalue weighted by Gasteiger charge is 2.08. The average molecular weight is 299 g/mol. The number of rotatable bonds is 2. The molecule has 0 heterocycles. The maximum absolute atomic E-state index is 6.24. The van der Waals surface area contributed by atoms with Gasteiger partial charge in [-0.2, -0.15) is 0 Å². The Labute approximate surface area is 128 Å². The van der Waals surface area contributed by atoms with Gasteiger partial charge >= 0.3 is 0 Å². The SMILES string of the molecule is Clc1cccc(Cl)c1-c1ccc(-c2ccccc2)cc1. The van der Waals surface area contributed by atoms with Crippen LogP contribution in [-0.2, 0) is 0 Å². The molecule has 20 heavy (non-hydrogen) atoms. The highest BCUT2D eigenvalue weighted by atomic mass is 35.5. The first-order valence-electron chi connectivity index (χ1n) is 6.35. The highest BCUT2D eigenvalue weighted by Crippen LogP contribution is 2.35. The van der Waals surface area contributed by atoms with Crippen LogP contribution in [0.1, 0.15) is 0 Å². The minimum absolute atomic E-state index is 0.671. The summed E-state index contributed by atoms with van der Waals surface area (Å²) >= 11 is 12.5. The molecule has 0 aliphatic heterocycles. The molecule has 3 aromatic carbocycles. The molecular formula is C18H12Cl2. The summed E-state index contributed by atoms with van der Waals surface area (Å²) in [7, 11) is 0. The van der Waals surface area contributed by atoms with Crippen LogP contribution < -0.4 is 0 Å². The molecule has 0 amide bonds. The highest BCUT2D eigenvalue weighted by molar-refractivity contribution is 6.39. The summed E-state index contributed by atoms with van der Waals surface area (Å²) in [6, 6.07) is 24.1. The molecular weight excluding hydrogens is 287 g/mol. The normalized spacial score (nSPS) is 10.5. The third kappa shape index (κ3) is 2.58. The second-order valence-electron chi connectivity index (χ2n) is 4.54. The first kappa shape index (κ1) is 13.2. The van der Waals surface area contributed by atoms with Crippen molar-refractivity contribution in [2.75, 3.05) is 0 Å². The lowest BCUT2D eigenvalue weighted by Crippen LogP contribution is -1.83. The maximum Gasteiger partial charge on any atom is 0.0499 e. The Kier molecular flexibility index (Phi) is 3.77. The molecule has 98 valence electrons. The molecule has 0 unspecified atom stereocenters. The van der Waals surface area contributed by atoms with Gasteiger partial charge in [0.2, 0.25) is 0 Å².